The summed E-state index contributed by atoms with van der Waals surface area (Å²) >= 11 is 0. The molecule has 124 valence electrons. The van der Waals surface area contributed by atoms with E-state index in [4.69, 9.17) is 4.74 Å². The van der Waals surface area contributed by atoms with Gasteiger partial charge in [-0.25, -0.2) is 0 Å². The SMILES string of the molecule is CCCC1CNC(CC(C)C)CN1C1CCCC(OC)C1. The van der Waals surface area contributed by atoms with Gasteiger partial charge in [-0.05, 0) is 44.4 Å². The average Bonchev–Trinajstić information content (AvgIpc) is 2.48. The third kappa shape index (κ3) is 4.94. The van der Waals surface area contributed by atoms with Gasteiger partial charge in [0.15, 0.2) is 0 Å². The first-order valence-corrected chi connectivity index (χ1v) is 9.15. The van der Waals surface area contributed by atoms with E-state index in [1.807, 2.05) is 7.11 Å². The van der Waals surface area contributed by atoms with Gasteiger partial charge >= 0.3 is 0 Å². The first kappa shape index (κ1) is 17.2. The molecule has 2 aliphatic rings. The molecular weight excluding hydrogens is 260 g/mol. The van der Waals surface area contributed by atoms with Crippen LogP contribution in [0, 0.1) is 5.92 Å². The van der Waals surface area contributed by atoms with Gasteiger partial charge in [-0.3, -0.25) is 4.90 Å². The molecule has 0 amide bonds. The Morgan fingerprint density at radius 1 is 1.29 bits per heavy atom. The fraction of sp³-hybridized carbons (Fsp3) is 1.00. The fourth-order valence-electron chi connectivity index (χ4n) is 4.30. The second-order valence-corrected chi connectivity index (χ2v) is 7.55. The monoisotopic (exact) mass is 296 g/mol. The molecule has 3 nitrogen and oxygen atoms in total. The number of piperazine rings is 1. The summed E-state index contributed by atoms with van der Waals surface area (Å²) in [6.45, 7) is 9.41. The first-order valence-electron chi connectivity index (χ1n) is 9.15. The normalized spacial score (nSPS) is 35.3. The molecule has 0 aromatic carbocycles. The molecule has 0 bridgehead atoms. The fourth-order valence-corrected chi connectivity index (χ4v) is 4.30. The largest absolute Gasteiger partial charge is 0.381 e. The minimum atomic E-state index is 0.490. The maximum absolute atomic E-state index is 5.66. The van der Waals surface area contributed by atoms with E-state index in [1.165, 1.54) is 58.0 Å². The zero-order chi connectivity index (χ0) is 15.2. The molecule has 2 fully saturated rings. The molecule has 0 radical (unpaired) electrons. The van der Waals surface area contributed by atoms with Gasteiger partial charge in [0.05, 0.1) is 6.10 Å². The van der Waals surface area contributed by atoms with Crippen molar-refractivity contribution >= 4 is 0 Å². The minimum absolute atomic E-state index is 0.490. The Hall–Kier alpha value is -0.120. The summed E-state index contributed by atoms with van der Waals surface area (Å²) in [5.41, 5.74) is 0. The Morgan fingerprint density at radius 3 is 2.76 bits per heavy atom. The molecule has 4 atom stereocenters. The van der Waals surface area contributed by atoms with Gasteiger partial charge in [0.1, 0.15) is 0 Å². The molecule has 3 heteroatoms. The van der Waals surface area contributed by atoms with Crippen LogP contribution in [0.1, 0.15) is 65.7 Å². The molecule has 0 spiro atoms. The lowest BCUT2D eigenvalue weighted by Crippen LogP contribution is -2.60. The summed E-state index contributed by atoms with van der Waals surface area (Å²) in [6, 6.07) is 2.16. The van der Waals surface area contributed by atoms with Crippen LogP contribution >= 0.6 is 0 Å². The molecule has 0 aromatic rings. The Labute approximate surface area is 131 Å². The molecular formula is C18H36N2O. The van der Waals surface area contributed by atoms with E-state index < -0.39 is 0 Å². The Balaban J connectivity index is 1.99. The number of ether oxygens (including phenoxy) is 1. The number of nitrogens with one attached hydrogen (secondary N) is 1. The number of hydrogen-bond donors (Lipinski definition) is 1. The van der Waals surface area contributed by atoms with Crippen LogP contribution in [0.2, 0.25) is 0 Å². The predicted octanol–water partition coefficient (Wildman–Crippen LogP) is 3.43. The highest BCUT2D eigenvalue weighted by atomic mass is 16.5. The quantitative estimate of drug-likeness (QED) is 0.812. The van der Waals surface area contributed by atoms with E-state index in [1.54, 1.807) is 0 Å². The molecule has 1 saturated carbocycles. The van der Waals surface area contributed by atoms with E-state index in [9.17, 15) is 0 Å². The van der Waals surface area contributed by atoms with E-state index in [-0.39, 0.29) is 0 Å². The lowest BCUT2D eigenvalue weighted by atomic mass is 9.88. The second-order valence-electron chi connectivity index (χ2n) is 7.55. The van der Waals surface area contributed by atoms with Crippen molar-refractivity contribution in [1.29, 1.82) is 0 Å². The van der Waals surface area contributed by atoms with Gasteiger partial charge in [0.25, 0.3) is 0 Å². The van der Waals surface area contributed by atoms with Gasteiger partial charge in [0.2, 0.25) is 0 Å². The van der Waals surface area contributed by atoms with Crippen LogP contribution in [0.5, 0.6) is 0 Å². The first-order chi connectivity index (χ1) is 10.1. The molecule has 1 aliphatic carbocycles. The zero-order valence-electron chi connectivity index (χ0n) is 14.6. The molecule has 0 aromatic heterocycles. The molecule has 21 heavy (non-hydrogen) atoms. The zero-order valence-corrected chi connectivity index (χ0v) is 14.6. The van der Waals surface area contributed by atoms with Crippen molar-refractivity contribution in [3.05, 3.63) is 0 Å². The lowest BCUT2D eigenvalue weighted by Gasteiger charge is -2.47. The standard InChI is InChI=1S/C18H36N2O/c1-5-7-17-12-19-15(10-14(2)3)13-20(17)16-8-6-9-18(11-16)21-4/h14-19H,5-13H2,1-4H3. The molecule has 4 unspecified atom stereocenters. The summed E-state index contributed by atoms with van der Waals surface area (Å²) in [5.74, 6) is 0.783. The van der Waals surface area contributed by atoms with Gasteiger partial charge in [-0.15, -0.1) is 0 Å². The van der Waals surface area contributed by atoms with Gasteiger partial charge in [-0.1, -0.05) is 27.2 Å². The molecule has 1 N–H and O–H groups in total. The molecule has 2 rings (SSSR count). The molecule has 1 heterocycles. The molecule has 1 aliphatic heterocycles. The molecule has 1 saturated heterocycles. The van der Waals surface area contributed by atoms with Crippen LogP contribution in [0.15, 0.2) is 0 Å². The highest BCUT2D eigenvalue weighted by Gasteiger charge is 2.35. The summed E-state index contributed by atoms with van der Waals surface area (Å²) < 4.78 is 5.66. The summed E-state index contributed by atoms with van der Waals surface area (Å²) in [6.07, 6.45) is 9.61. The Bertz CT molecular complexity index is 295. The highest BCUT2D eigenvalue weighted by Crippen LogP contribution is 2.29. The van der Waals surface area contributed by atoms with Gasteiger partial charge in [-0.2, -0.15) is 0 Å². The third-order valence-electron chi connectivity index (χ3n) is 5.32. The average molecular weight is 296 g/mol. The summed E-state index contributed by atoms with van der Waals surface area (Å²) in [4.78, 5) is 2.85. The van der Waals surface area contributed by atoms with Crippen molar-refractivity contribution in [3.63, 3.8) is 0 Å². The van der Waals surface area contributed by atoms with Crippen LogP contribution in [0.4, 0.5) is 0 Å². The summed E-state index contributed by atoms with van der Waals surface area (Å²) in [5, 5.41) is 3.81. The van der Waals surface area contributed by atoms with Crippen molar-refractivity contribution < 1.29 is 4.74 Å². The van der Waals surface area contributed by atoms with Crippen LogP contribution in [-0.2, 0) is 4.74 Å². The maximum atomic E-state index is 5.66. The second kappa shape index (κ2) is 8.50. The van der Waals surface area contributed by atoms with Crippen LogP contribution in [0.3, 0.4) is 0 Å². The topological polar surface area (TPSA) is 24.5 Å². The van der Waals surface area contributed by atoms with Crippen LogP contribution in [0.25, 0.3) is 0 Å². The number of rotatable bonds is 6. The van der Waals surface area contributed by atoms with E-state index in [0.717, 1.165) is 18.0 Å². The van der Waals surface area contributed by atoms with E-state index in [2.05, 4.69) is 31.0 Å². The van der Waals surface area contributed by atoms with Gasteiger partial charge < -0.3 is 10.1 Å². The van der Waals surface area contributed by atoms with E-state index >= 15 is 0 Å². The summed E-state index contributed by atoms with van der Waals surface area (Å²) in [7, 11) is 1.88. The Morgan fingerprint density at radius 2 is 2.10 bits per heavy atom. The lowest BCUT2D eigenvalue weighted by molar-refractivity contribution is -0.00330. The van der Waals surface area contributed by atoms with Crippen molar-refractivity contribution in [3.8, 4) is 0 Å². The van der Waals surface area contributed by atoms with E-state index in [0.29, 0.717) is 12.1 Å². The van der Waals surface area contributed by atoms with Crippen molar-refractivity contribution in [2.75, 3.05) is 20.2 Å². The van der Waals surface area contributed by atoms with Gasteiger partial charge in [0, 0.05) is 38.3 Å². The number of hydrogen-bond acceptors (Lipinski definition) is 3. The minimum Gasteiger partial charge on any atom is -0.381 e. The third-order valence-corrected chi connectivity index (χ3v) is 5.32. The highest BCUT2D eigenvalue weighted by molar-refractivity contribution is 4.92. The van der Waals surface area contributed by atoms with Crippen molar-refractivity contribution in [2.24, 2.45) is 5.92 Å². The maximum Gasteiger partial charge on any atom is 0.0586 e. The van der Waals surface area contributed by atoms with Crippen LogP contribution < -0.4 is 5.32 Å². The van der Waals surface area contributed by atoms with Crippen molar-refractivity contribution in [1.82, 2.24) is 10.2 Å². The smallest absolute Gasteiger partial charge is 0.0586 e. The van der Waals surface area contributed by atoms with Crippen LogP contribution in [-0.4, -0.2) is 49.3 Å². The predicted molar refractivity (Wildman–Crippen MR) is 89.7 cm³/mol. The number of nitrogens with zero attached hydrogens (tertiary/aromatic N) is 1. The number of methoxy groups -OCH3 is 1. The van der Waals surface area contributed by atoms with Crippen molar-refractivity contribution in [2.45, 2.75) is 89.9 Å². The Kier molecular flexibility index (Phi) is 6.97.